The molecule has 0 radical (unpaired) electrons. The van der Waals surface area contributed by atoms with E-state index in [-0.39, 0.29) is 5.91 Å². The highest BCUT2D eigenvalue weighted by atomic mass is 32.1. The molecule has 0 unspecified atom stereocenters. The molecule has 1 saturated heterocycles. The number of amides is 1. The van der Waals surface area contributed by atoms with Gasteiger partial charge in [-0.15, -0.1) is 11.3 Å². The SMILES string of the molecule is COC(=O)c1ccc(C(=O)NCc2ccc(CN3CCCCCC3)cc2)s1. The molecule has 5 nitrogen and oxygen atoms in total. The van der Waals surface area contributed by atoms with Crippen LogP contribution in [0.2, 0.25) is 0 Å². The quantitative estimate of drug-likeness (QED) is 0.767. The number of ether oxygens (including phenoxy) is 1. The van der Waals surface area contributed by atoms with Crippen molar-refractivity contribution in [2.45, 2.75) is 38.8 Å². The van der Waals surface area contributed by atoms with E-state index in [1.54, 1.807) is 12.1 Å². The van der Waals surface area contributed by atoms with Crippen molar-refractivity contribution < 1.29 is 14.3 Å². The summed E-state index contributed by atoms with van der Waals surface area (Å²) < 4.78 is 4.67. The maximum Gasteiger partial charge on any atom is 0.348 e. The van der Waals surface area contributed by atoms with E-state index in [2.05, 4.69) is 39.2 Å². The molecule has 1 aromatic carbocycles. The number of likely N-dealkylation sites (tertiary alicyclic amines) is 1. The van der Waals surface area contributed by atoms with Crippen LogP contribution in [-0.4, -0.2) is 37.0 Å². The molecule has 1 amide bonds. The van der Waals surface area contributed by atoms with E-state index < -0.39 is 5.97 Å². The van der Waals surface area contributed by atoms with Gasteiger partial charge in [0.25, 0.3) is 5.91 Å². The summed E-state index contributed by atoms with van der Waals surface area (Å²) in [6.07, 6.45) is 5.29. The van der Waals surface area contributed by atoms with E-state index in [0.717, 1.165) is 23.4 Å². The Bertz CT molecular complexity index is 762. The highest BCUT2D eigenvalue weighted by Gasteiger charge is 2.14. The van der Waals surface area contributed by atoms with Gasteiger partial charge in [-0.05, 0) is 49.2 Å². The zero-order valence-corrected chi connectivity index (χ0v) is 16.5. The first-order valence-electron chi connectivity index (χ1n) is 9.42. The van der Waals surface area contributed by atoms with Gasteiger partial charge in [-0.3, -0.25) is 9.69 Å². The predicted octanol–water partition coefficient (Wildman–Crippen LogP) is 3.84. The second kappa shape index (κ2) is 9.67. The number of methoxy groups -OCH3 is 1. The van der Waals surface area contributed by atoms with Crippen LogP contribution < -0.4 is 5.32 Å². The topological polar surface area (TPSA) is 58.6 Å². The molecule has 1 aliphatic rings. The third-order valence-electron chi connectivity index (χ3n) is 4.80. The molecular formula is C21H26N2O3S. The molecule has 0 bridgehead atoms. The lowest BCUT2D eigenvalue weighted by Gasteiger charge is -2.19. The first-order valence-corrected chi connectivity index (χ1v) is 10.2. The fourth-order valence-corrected chi connectivity index (χ4v) is 4.10. The summed E-state index contributed by atoms with van der Waals surface area (Å²) in [5, 5.41) is 2.90. The number of thiophene rings is 1. The number of rotatable bonds is 6. The molecule has 3 rings (SSSR count). The van der Waals surface area contributed by atoms with Gasteiger partial charge in [0.15, 0.2) is 0 Å². The van der Waals surface area contributed by atoms with E-state index in [9.17, 15) is 9.59 Å². The van der Waals surface area contributed by atoms with Gasteiger partial charge in [-0.1, -0.05) is 37.1 Å². The van der Waals surface area contributed by atoms with E-state index in [0.29, 0.717) is 16.3 Å². The lowest BCUT2D eigenvalue weighted by atomic mass is 10.1. The summed E-state index contributed by atoms with van der Waals surface area (Å²) in [5.41, 5.74) is 2.38. The Labute approximate surface area is 164 Å². The molecule has 0 saturated carbocycles. The summed E-state index contributed by atoms with van der Waals surface area (Å²) in [7, 11) is 1.33. The Kier molecular flexibility index (Phi) is 7.01. The lowest BCUT2D eigenvalue weighted by Crippen LogP contribution is -2.24. The maximum absolute atomic E-state index is 12.2. The third kappa shape index (κ3) is 5.65. The number of hydrogen-bond acceptors (Lipinski definition) is 5. The Balaban J connectivity index is 1.50. The highest BCUT2D eigenvalue weighted by molar-refractivity contribution is 7.15. The Morgan fingerprint density at radius 3 is 2.26 bits per heavy atom. The summed E-state index contributed by atoms with van der Waals surface area (Å²) in [6.45, 7) is 3.84. The van der Waals surface area contributed by atoms with Crippen LogP contribution in [0, 0.1) is 0 Å². The molecule has 144 valence electrons. The molecule has 6 heteroatoms. The number of benzene rings is 1. The van der Waals surface area contributed by atoms with Crippen molar-refractivity contribution in [3.8, 4) is 0 Å². The molecular weight excluding hydrogens is 360 g/mol. The van der Waals surface area contributed by atoms with E-state index in [1.165, 1.54) is 51.4 Å². The van der Waals surface area contributed by atoms with Crippen LogP contribution in [0.15, 0.2) is 36.4 Å². The first kappa shape index (κ1) is 19.6. The number of carbonyl (C=O) groups is 2. The van der Waals surface area contributed by atoms with E-state index >= 15 is 0 Å². The second-order valence-electron chi connectivity index (χ2n) is 6.85. The summed E-state index contributed by atoms with van der Waals surface area (Å²) >= 11 is 1.14. The van der Waals surface area contributed by atoms with Gasteiger partial charge in [0.2, 0.25) is 0 Å². The molecule has 0 spiro atoms. The van der Waals surface area contributed by atoms with Crippen molar-refractivity contribution in [1.29, 1.82) is 0 Å². The van der Waals surface area contributed by atoms with E-state index in [4.69, 9.17) is 0 Å². The van der Waals surface area contributed by atoms with Crippen LogP contribution in [0.1, 0.15) is 56.2 Å². The number of hydrogen-bond donors (Lipinski definition) is 1. The van der Waals surface area contributed by atoms with Gasteiger partial charge >= 0.3 is 5.97 Å². The van der Waals surface area contributed by atoms with Crippen molar-refractivity contribution in [2.24, 2.45) is 0 Å². The molecule has 27 heavy (non-hydrogen) atoms. The molecule has 2 heterocycles. The van der Waals surface area contributed by atoms with Crippen LogP contribution in [0.25, 0.3) is 0 Å². The average Bonchev–Trinajstić information content (AvgIpc) is 3.06. The maximum atomic E-state index is 12.2. The van der Waals surface area contributed by atoms with Crippen LogP contribution >= 0.6 is 11.3 Å². The van der Waals surface area contributed by atoms with Crippen LogP contribution in [-0.2, 0) is 17.8 Å². The van der Waals surface area contributed by atoms with Crippen LogP contribution in [0.3, 0.4) is 0 Å². The highest BCUT2D eigenvalue weighted by Crippen LogP contribution is 2.18. The van der Waals surface area contributed by atoms with Gasteiger partial charge < -0.3 is 10.1 Å². The van der Waals surface area contributed by atoms with Crippen molar-refractivity contribution in [3.63, 3.8) is 0 Å². The van der Waals surface area contributed by atoms with Gasteiger partial charge in [0.1, 0.15) is 4.88 Å². The van der Waals surface area contributed by atoms with Gasteiger partial charge in [0.05, 0.1) is 12.0 Å². The van der Waals surface area contributed by atoms with Crippen molar-refractivity contribution >= 4 is 23.2 Å². The van der Waals surface area contributed by atoms with Crippen molar-refractivity contribution in [1.82, 2.24) is 10.2 Å². The van der Waals surface area contributed by atoms with Crippen LogP contribution in [0.4, 0.5) is 0 Å². The molecule has 0 aliphatic carbocycles. The van der Waals surface area contributed by atoms with E-state index in [1.807, 2.05) is 0 Å². The molecule has 1 N–H and O–H groups in total. The largest absolute Gasteiger partial charge is 0.465 e. The number of carbonyl (C=O) groups excluding carboxylic acids is 2. The zero-order chi connectivity index (χ0) is 19.1. The first-order chi connectivity index (χ1) is 13.2. The van der Waals surface area contributed by atoms with Gasteiger partial charge in [0, 0.05) is 13.1 Å². The summed E-state index contributed by atoms with van der Waals surface area (Å²) in [5.74, 6) is -0.595. The van der Waals surface area contributed by atoms with Crippen molar-refractivity contribution in [2.75, 3.05) is 20.2 Å². The minimum absolute atomic E-state index is 0.177. The zero-order valence-electron chi connectivity index (χ0n) is 15.7. The van der Waals surface area contributed by atoms with Crippen LogP contribution in [0.5, 0.6) is 0 Å². The molecule has 1 aromatic heterocycles. The second-order valence-corrected chi connectivity index (χ2v) is 7.93. The van der Waals surface area contributed by atoms with Gasteiger partial charge in [-0.2, -0.15) is 0 Å². The fraction of sp³-hybridized carbons (Fsp3) is 0.429. The minimum atomic E-state index is -0.418. The average molecular weight is 387 g/mol. The molecule has 1 fully saturated rings. The molecule has 2 aromatic rings. The fourth-order valence-electron chi connectivity index (χ4n) is 3.25. The molecule has 0 atom stereocenters. The predicted molar refractivity (Wildman–Crippen MR) is 107 cm³/mol. The monoisotopic (exact) mass is 386 g/mol. The Morgan fingerprint density at radius 2 is 1.59 bits per heavy atom. The standard InChI is InChI=1S/C21H26N2O3S/c1-26-21(25)19-11-10-18(27-19)20(24)22-14-16-6-8-17(9-7-16)15-23-12-4-2-3-5-13-23/h6-11H,2-5,12-15H2,1H3,(H,22,24). The smallest absolute Gasteiger partial charge is 0.348 e. The van der Waals surface area contributed by atoms with Crippen molar-refractivity contribution in [3.05, 3.63) is 57.3 Å². The summed E-state index contributed by atoms with van der Waals surface area (Å²) in [4.78, 5) is 27.2. The number of nitrogens with zero attached hydrogens (tertiary/aromatic N) is 1. The normalized spacial score (nSPS) is 15.1. The number of nitrogens with one attached hydrogen (secondary N) is 1. The third-order valence-corrected chi connectivity index (χ3v) is 5.86. The van der Waals surface area contributed by atoms with Gasteiger partial charge in [-0.25, -0.2) is 4.79 Å². The minimum Gasteiger partial charge on any atom is -0.465 e. The number of esters is 1. The molecule has 1 aliphatic heterocycles. The lowest BCUT2D eigenvalue weighted by molar-refractivity contribution is 0.0606. The Hall–Kier alpha value is -2.18. The summed E-state index contributed by atoms with van der Waals surface area (Å²) in [6, 6.07) is 11.7. The Morgan fingerprint density at radius 1 is 0.963 bits per heavy atom.